The fourth-order valence-electron chi connectivity index (χ4n) is 2.83. The minimum atomic E-state index is 0.635. The van der Waals surface area contributed by atoms with Crippen LogP contribution in [0.25, 0.3) is 0 Å². The Balaban J connectivity index is 2.05. The number of rotatable bonds is 6. The van der Waals surface area contributed by atoms with Crippen LogP contribution in [-0.2, 0) is 20.0 Å². The van der Waals surface area contributed by atoms with Crippen LogP contribution in [0.1, 0.15) is 38.1 Å². The van der Waals surface area contributed by atoms with Crippen molar-refractivity contribution in [1.29, 1.82) is 0 Å². The van der Waals surface area contributed by atoms with E-state index < -0.39 is 0 Å². The molecule has 0 spiro atoms. The van der Waals surface area contributed by atoms with Gasteiger partial charge in [0.15, 0.2) is 0 Å². The number of hydrogen-bond donors (Lipinski definition) is 1. The summed E-state index contributed by atoms with van der Waals surface area (Å²) in [6.45, 7) is 8.45. The fraction of sp³-hybridized carbons (Fsp3) is 0.786. The lowest BCUT2D eigenvalue weighted by Crippen LogP contribution is -2.37. The summed E-state index contributed by atoms with van der Waals surface area (Å²) >= 11 is 6.43. The van der Waals surface area contributed by atoms with Crippen molar-refractivity contribution < 1.29 is 0 Å². The SMILES string of the molecule is CCNCC1CCCN1Cc1c(Cl)c(CC)nn1C. The molecule has 0 aliphatic carbocycles. The molecule has 1 unspecified atom stereocenters. The summed E-state index contributed by atoms with van der Waals surface area (Å²) in [5.74, 6) is 0. The van der Waals surface area contributed by atoms with Crippen LogP contribution < -0.4 is 5.32 Å². The van der Waals surface area contributed by atoms with Gasteiger partial charge in [0.1, 0.15) is 0 Å². The Hall–Kier alpha value is -0.580. The van der Waals surface area contributed by atoms with Gasteiger partial charge in [-0.25, -0.2) is 0 Å². The van der Waals surface area contributed by atoms with Gasteiger partial charge in [-0.05, 0) is 32.4 Å². The molecule has 1 N–H and O–H groups in total. The predicted octanol–water partition coefficient (Wildman–Crippen LogP) is 2.21. The summed E-state index contributed by atoms with van der Waals surface area (Å²) in [7, 11) is 2.00. The first-order valence-corrected chi connectivity index (χ1v) is 7.70. The molecule has 1 aromatic rings. The third-order valence-corrected chi connectivity index (χ3v) is 4.42. The second-order valence-corrected chi connectivity index (χ2v) is 5.64. The van der Waals surface area contributed by atoms with Gasteiger partial charge in [0.25, 0.3) is 0 Å². The summed E-state index contributed by atoms with van der Waals surface area (Å²) in [4.78, 5) is 2.53. The maximum atomic E-state index is 6.43. The molecule has 0 saturated carbocycles. The summed E-state index contributed by atoms with van der Waals surface area (Å²) in [6.07, 6.45) is 3.46. The van der Waals surface area contributed by atoms with Crippen molar-refractivity contribution in [3.63, 3.8) is 0 Å². The van der Waals surface area contributed by atoms with Crippen LogP contribution in [0.5, 0.6) is 0 Å². The quantitative estimate of drug-likeness (QED) is 0.869. The molecule has 1 saturated heterocycles. The minimum Gasteiger partial charge on any atom is -0.315 e. The van der Waals surface area contributed by atoms with E-state index in [1.165, 1.54) is 19.4 Å². The smallest absolute Gasteiger partial charge is 0.0863 e. The highest BCUT2D eigenvalue weighted by Crippen LogP contribution is 2.25. The first kappa shape index (κ1) is 14.8. The number of aryl methyl sites for hydroxylation is 2. The molecule has 108 valence electrons. The number of nitrogens with zero attached hydrogens (tertiary/aromatic N) is 3. The lowest BCUT2D eigenvalue weighted by atomic mass is 10.2. The second-order valence-electron chi connectivity index (χ2n) is 5.26. The van der Waals surface area contributed by atoms with E-state index in [1.807, 2.05) is 11.7 Å². The highest BCUT2D eigenvalue weighted by Gasteiger charge is 2.26. The van der Waals surface area contributed by atoms with Crippen molar-refractivity contribution in [1.82, 2.24) is 20.0 Å². The first-order valence-electron chi connectivity index (χ1n) is 7.32. The van der Waals surface area contributed by atoms with Crippen molar-refractivity contribution in [3.8, 4) is 0 Å². The second kappa shape index (κ2) is 6.73. The molecule has 19 heavy (non-hydrogen) atoms. The Morgan fingerprint density at radius 2 is 2.21 bits per heavy atom. The zero-order chi connectivity index (χ0) is 13.8. The van der Waals surface area contributed by atoms with E-state index in [0.29, 0.717) is 6.04 Å². The lowest BCUT2D eigenvalue weighted by molar-refractivity contribution is 0.234. The Morgan fingerprint density at radius 1 is 1.42 bits per heavy atom. The molecule has 1 aliphatic rings. The molecule has 1 atom stereocenters. The molecule has 5 heteroatoms. The van der Waals surface area contributed by atoms with E-state index in [2.05, 4.69) is 29.2 Å². The fourth-order valence-corrected chi connectivity index (χ4v) is 3.18. The van der Waals surface area contributed by atoms with Crippen LogP contribution in [0.4, 0.5) is 0 Å². The van der Waals surface area contributed by atoms with Crippen LogP contribution in [0, 0.1) is 0 Å². The largest absolute Gasteiger partial charge is 0.315 e. The summed E-state index contributed by atoms with van der Waals surface area (Å²) in [5.41, 5.74) is 2.17. The molecular weight excluding hydrogens is 260 g/mol. The van der Waals surface area contributed by atoms with Gasteiger partial charge in [-0.2, -0.15) is 5.10 Å². The molecule has 0 bridgehead atoms. The van der Waals surface area contributed by atoms with Crippen LogP contribution in [0.2, 0.25) is 5.02 Å². The number of likely N-dealkylation sites (tertiary alicyclic amines) is 1. The van der Waals surface area contributed by atoms with E-state index in [9.17, 15) is 0 Å². The number of hydrogen-bond acceptors (Lipinski definition) is 3. The van der Waals surface area contributed by atoms with Crippen molar-refractivity contribution >= 4 is 11.6 Å². The highest BCUT2D eigenvalue weighted by molar-refractivity contribution is 6.31. The van der Waals surface area contributed by atoms with Crippen LogP contribution in [0.3, 0.4) is 0 Å². The van der Waals surface area contributed by atoms with Crippen molar-refractivity contribution in [2.24, 2.45) is 7.05 Å². The number of nitrogens with one attached hydrogen (secondary N) is 1. The maximum absolute atomic E-state index is 6.43. The first-order chi connectivity index (χ1) is 9.17. The lowest BCUT2D eigenvalue weighted by Gasteiger charge is -2.24. The van der Waals surface area contributed by atoms with Gasteiger partial charge in [0.2, 0.25) is 0 Å². The van der Waals surface area contributed by atoms with E-state index >= 15 is 0 Å². The topological polar surface area (TPSA) is 33.1 Å². The molecule has 0 amide bonds. The number of likely N-dealkylation sites (N-methyl/N-ethyl adjacent to an activating group) is 1. The summed E-state index contributed by atoms with van der Waals surface area (Å²) in [6, 6.07) is 0.635. The molecule has 4 nitrogen and oxygen atoms in total. The highest BCUT2D eigenvalue weighted by atomic mass is 35.5. The van der Waals surface area contributed by atoms with Gasteiger partial charge >= 0.3 is 0 Å². The van der Waals surface area contributed by atoms with E-state index in [0.717, 1.165) is 42.5 Å². The minimum absolute atomic E-state index is 0.635. The predicted molar refractivity (Wildman–Crippen MR) is 79.6 cm³/mol. The molecule has 2 heterocycles. The molecule has 0 radical (unpaired) electrons. The standard InChI is InChI=1S/C14H25ClN4/c1-4-12-14(15)13(18(3)17-12)10-19-8-6-7-11(19)9-16-5-2/h11,16H,4-10H2,1-3H3. The molecule has 1 aromatic heterocycles. The summed E-state index contributed by atoms with van der Waals surface area (Å²) < 4.78 is 1.95. The zero-order valence-corrected chi connectivity index (χ0v) is 13.0. The van der Waals surface area contributed by atoms with E-state index in [1.54, 1.807) is 0 Å². The average Bonchev–Trinajstić information content (AvgIpc) is 2.95. The zero-order valence-electron chi connectivity index (χ0n) is 12.2. The van der Waals surface area contributed by atoms with Gasteiger partial charge < -0.3 is 5.32 Å². The molecule has 0 aromatic carbocycles. The van der Waals surface area contributed by atoms with Gasteiger partial charge in [-0.15, -0.1) is 0 Å². The van der Waals surface area contributed by atoms with Crippen LogP contribution >= 0.6 is 11.6 Å². The Labute approximate surface area is 121 Å². The van der Waals surface area contributed by atoms with Crippen molar-refractivity contribution in [3.05, 3.63) is 16.4 Å². The van der Waals surface area contributed by atoms with Gasteiger partial charge in [0.05, 0.1) is 16.4 Å². The van der Waals surface area contributed by atoms with Gasteiger partial charge in [-0.3, -0.25) is 9.58 Å². The Bertz CT molecular complexity index is 416. The molecular formula is C14H25ClN4. The van der Waals surface area contributed by atoms with Crippen molar-refractivity contribution in [2.75, 3.05) is 19.6 Å². The van der Waals surface area contributed by atoms with E-state index in [-0.39, 0.29) is 0 Å². The monoisotopic (exact) mass is 284 g/mol. The normalized spacial score (nSPS) is 20.3. The van der Waals surface area contributed by atoms with Crippen LogP contribution in [-0.4, -0.2) is 40.4 Å². The Morgan fingerprint density at radius 3 is 2.84 bits per heavy atom. The third-order valence-electron chi connectivity index (χ3n) is 3.98. The Kier molecular flexibility index (Phi) is 5.25. The van der Waals surface area contributed by atoms with Gasteiger partial charge in [-0.1, -0.05) is 25.4 Å². The molecule has 2 rings (SSSR count). The van der Waals surface area contributed by atoms with Gasteiger partial charge in [0, 0.05) is 26.2 Å². The average molecular weight is 285 g/mol. The van der Waals surface area contributed by atoms with Crippen molar-refractivity contribution in [2.45, 2.75) is 45.7 Å². The van der Waals surface area contributed by atoms with Crippen LogP contribution in [0.15, 0.2) is 0 Å². The number of halogens is 1. The summed E-state index contributed by atoms with van der Waals surface area (Å²) in [5, 5.41) is 8.82. The van der Waals surface area contributed by atoms with E-state index in [4.69, 9.17) is 11.6 Å². The third kappa shape index (κ3) is 3.30. The maximum Gasteiger partial charge on any atom is 0.0863 e. The number of aromatic nitrogens is 2. The molecule has 1 fully saturated rings. The molecule has 1 aliphatic heterocycles.